The van der Waals surface area contributed by atoms with E-state index in [0.29, 0.717) is 5.69 Å². The van der Waals surface area contributed by atoms with Crippen LogP contribution in [-0.4, -0.2) is 13.0 Å². The summed E-state index contributed by atoms with van der Waals surface area (Å²) in [6.07, 6.45) is 0. The second-order valence-electron chi connectivity index (χ2n) is 5.56. The number of sulfonamides is 1. The van der Waals surface area contributed by atoms with E-state index < -0.39 is 10.0 Å². The van der Waals surface area contributed by atoms with Crippen molar-refractivity contribution in [2.24, 2.45) is 0 Å². The average molecular weight is 405 g/mol. The van der Waals surface area contributed by atoms with Crippen molar-refractivity contribution in [3.8, 4) is 5.69 Å². The molecule has 0 aliphatic carbocycles. The van der Waals surface area contributed by atoms with Crippen LogP contribution in [0, 0.1) is 13.8 Å². The van der Waals surface area contributed by atoms with E-state index in [2.05, 4.69) is 25.2 Å². The Bertz CT molecular complexity index is 957. The van der Waals surface area contributed by atoms with E-state index in [1.807, 2.05) is 44.2 Å². The summed E-state index contributed by atoms with van der Waals surface area (Å²) in [5.41, 5.74) is 3.67. The highest BCUT2D eigenvalue weighted by molar-refractivity contribution is 9.10. The Kier molecular flexibility index (Phi) is 4.51. The maximum atomic E-state index is 12.5. The van der Waals surface area contributed by atoms with E-state index in [-0.39, 0.29) is 4.90 Å². The summed E-state index contributed by atoms with van der Waals surface area (Å²) in [5.74, 6) is 0. The number of halogens is 1. The molecule has 0 bridgehead atoms. The third-order valence-corrected chi connectivity index (χ3v) is 5.64. The van der Waals surface area contributed by atoms with Gasteiger partial charge in [0.15, 0.2) is 0 Å². The zero-order valence-electron chi connectivity index (χ0n) is 13.3. The van der Waals surface area contributed by atoms with Crippen LogP contribution in [0.3, 0.4) is 0 Å². The number of aromatic nitrogens is 1. The number of hydrogen-bond acceptors (Lipinski definition) is 2. The molecule has 4 nitrogen and oxygen atoms in total. The summed E-state index contributed by atoms with van der Waals surface area (Å²) in [6.45, 7) is 4.04. The van der Waals surface area contributed by atoms with Crippen LogP contribution in [0.2, 0.25) is 0 Å². The summed E-state index contributed by atoms with van der Waals surface area (Å²) in [5, 5.41) is 0. The summed E-state index contributed by atoms with van der Waals surface area (Å²) in [6, 6.07) is 18.0. The van der Waals surface area contributed by atoms with Crippen LogP contribution in [0.4, 0.5) is 5.69 Å². The van der Waals surface area contributed by atoms with E-state index >= 15 is 0 Å². The molecule has 6 heteroatoms. The molecule has 0 saturated heterocycles. The van der Waals surface area contributed by atoms with E-state index in [4.69, 9.17) is 0 Å². The second-order valence-corrected chi connectivity index (χ2v) is 8.16. The zero-order valence-corrected chi connectivity index (χ0v) is 15.7. The molecule has 1 heterocycles. The molecule has 3 aromatic rings. The van der Waals surface area contributed by atoms with Crippen LogP contribution in [0.25, 0.3) is 5.69 Å². The van der Waals surface area contributed by atoms with Crippen molar-refractivity contribution in [1.82, 2.24) is 4.57 Å². The first-order valence-electron chi connectivity index (χ1n) is 7.40. The molecule has 0 fully saturated rings. The summed E-state index contributed by atoms with van der Waals surface area (Å²) in [4.78, 5) is 0.230. The lowest BCUT2D eigenvalue weighted by molar-refractivity contribution is 0.601. The van der Waals surface area contributed by atoms with Gasteiger partial charge in [0.05, 0.1) is 4.90 Å². The van der Waals surface area contributed by atoms with Crippen LogP contribution in [0.15, 0.2) is 70.0 Å². The van der Waals surface area contributed by atoms with Gasteiger partial charge in [-0.3, -0.25) is 4.72 Å². The molecule has 0 atom stereocenters. The van der Waals surface area contributed by atoms with Crippen molar-refractivity contribution in [2.75, 3.05) is 4.72 Å². The van der Waals surface area contributed by atoms with Crippen molar-refractivity contribution in [2.45, 2.75) is 18.7 Å². The van der Waals surface area contributed by atoms with Gasteiger partial charge in [0.2, 0.25) is 0 Å². The smallest absolute Gasteiger partial charge is 0.261 e. The van der Waals surface area contributed by atoms with Crippen LogP contribution >= 0.6 is 15.9 Å². The third kappa shape index (κ3) is 3.39. The highest BCUT2D eigenvalue weighted by Crippen LogP contribution is 2.22. The van der Waals surface area contributed by atoms with Crippen molar-refractivity contribution in [3.63, 3.8) is 0 Å². The van der Waals surface area contributed by atoms with E-state index in [9.17, 15) is 8.42 Å². The Morgan fingerprint density at radius 2 is 1.54 bits per heavy atom. The molecule has 1 N–H and O–H groups in total. The molecular weight excluding hydrogens is 388 g/mol. The molecule has 0 aliphatic heterocycles. The molecular formula is C18H17BrN2O2S. The molecule has 3 rings (SSSR count). The molecule has 0 saturated carbocycles. The van der Waals surface area contributed by atoms with Crippen molar-refractivity contribution >= 4 is 31.6 Å². The largest absolute Gasteiger partial charge is 0.319 e. The number of nitrogens with one attached hydrogen (secondary N) is 1. The highest BCUT2D eigenvalue weighted by atomic mass is 79.9. The van der Waals surface area contributed by atoms with Gasteiger partial charge >= 0.3 is 0 Å². The minimum absolute atomic E-state index is 0.230. The van der Waals surface area contributed by atoms with Gasteiger partial charge in [-0.05, 0) is 68.4 Å². The lowest BCUT2D eigenvalue weighted by Gasteiger charge is -2.12. The Morgan fingerprint density at radius 3 is 2.12 bits per heavy atom. The first-order valence-corrected chi connectivity index (χ1v) is 9.68. The maximum absolute atomic E-state index is 12.5. The van der Waals surface area contributed by atoms with Gasteiger partial charge in [0.1, 0.15) is 0 Å². The van der Waals surface area contributed by atoms with Gasteiger partial charge in [-0.25, -0.2) is 8.42 Å². The lowest BCUT2D eigenvalue weighted by atomic mass is 10.3. The van der Waals surface area contributed by atoms with Crippen molar-refractivity contribution in [3.05, 3.63) is 76.5 Å². The Hall–Kier alpha value is -2.05. The van der Waals surface area contributed by atoms with Gasteiger partial charge in [-0.15, -0.1) is 0 Å². The first kappa shape index (κ1) is 16.8. The lowest BCUT2D eigenvalue weighted by Crippen LogP contribution is -2.13. The number of nitrogens with zero attached hydrogens (tertiary/aromatic N) is 1. The summed E-state index contributed by atoms with van der Waals surface area (Å²) >= 11 is 3.33. The van der Waals surface area contributed by atoms with Crippen LogP contribution in [0.1, 0.15) is 11.4 Å². The van der Waals surface area contributed by atoms with Gasteiger partial charge in [-0.1, -0.05) is 22.0 Å². The van der Waals surface area contributed by atoms with Gasteiger partial charge in [0.25, 0.3) is 10.0 Å². The average Bonchev–Trinajstić information content (AvgIpc) is 2.86. The zero-order chi connectivity index (χ0) is 17.3. The number of hydrogen-bond donors (Lipinski definition) is 1. The fourth-order valence-electron chi connectivity index (χ4n) is 2.62. The minimum Gasteiger partial charge on any atom is -0.319 e. The van der Waals surface area contributed by atoms with Gasteiger partial charge in [-0.2, -0.15) is 0 Å². The standard InChI is InChI=1S/C18H17BrN2O2S/c1-13-6-7-14(2)21(13)17-8-10-18(11-9-17)24(22,23)20-16-5-3-4-15(19)12-16/h3-12,20H,1-2H3. The SMILES string of the molecule is Cc1ccc(C)n1-c1ccc(S(=O)(=O)Nc2cccc(Br)c2)cc1. The van der Waals surface area contributed by atoms with Crippen LogP contribution in [0.5, 0.6) is 0 Å². The van der Waals surface area contributed by atoms with Crippen LogP contribution < -0.4 is 4.72 Å². The second kappa shape index (κ2) is 6.45. The van der Waals surface area contributed by atoms with E-state index in [0.717, 1.165) is 21.5 Å². The highest BCUT2D eigenvalue weighted by Gasteiger charge is 2.15. The summed E-state index contributed by atoms with van der Waals surface area (Å²) in [7, 11) is -3.62. The molecule has 0 amide bonds. The molecule has 0 aliphatic rings. The first-order chi connectivity index (χ1) is 11.4. The Balaban J connectivity index is 1.90. The molecule has 0 radical (unpaired) electrons. The number of benzene rings is 2. The molecule has 124 valence electrons. The van der Waals surface area contributed by atoms with E-state index in [1.54, 1.807) is 30.3 Å². The minimum atomic E-state index is -3.62. The maximum Gasteiger partial charge on any atom is 0.261 e. The molecule has 24 heavy (non-hydrogen) atoms. The van der Waals surface area contributed by atoms with Crippen molar-refractivity contribution in [1.29, 1.82) is 0 Å². The monoisotopic (exact) mass is 404 g/mol. The topological polar surface area (TPSA) is 51.1 Å². The predicted molar refractivity (Wildman–Crippen MR) is 100 cm³/mol. The van der Waals surface area contributed by atoms with E-state index in [1.165, 1.54) is 0 Å². The normalized spacial score (nSPS) is 11.5. The molecule has 0 spiro atoms. The quantitative estimate of drug-likeness (QED) is 0.687. The van der Waals surface area contributed by atoms with Crippen LogP contribution in [-0.2, 0) is 10.0 Å². The molecule has 0 unspecified atom stereocenters. The van der Waals surface area contributed by atoms with Crippen molar-refractivity contribution < 1.29 is 8.42 Å². The summed E-state index contributed by atoms with van der Waals surface area (Å²) < 4.78 is 30.5. The Morgan fingerprint density at radius 1 is 0.917 bits per heavy atom. The fourth-order valence-corrected chi connectivity index (χ4v) is 4.06. The van der Waals surface area contributed by atoms with Gasteiger partial charge in [0, 0.05) is 27.2 Å². The number of aryl methyl sites for hydroxylation is 2. The predicted octanol–water partition coefficient (Wildman–Crippen LogP) is 4.66. The fraction of sp³-hybridized carbons (Fsp3) is 0.111. The van der Waals surface area contributed by atoms with Gasteiger partial charge < -0.3 is 4.57 Å². The number of anilines is 1. The Labute approximate surface area is 150 Å². The number of rotatable bonds is 4. The molecule has 1 aromatic heterocycles. The third-order valence-electron chi connectivity index (χ3n) is 3.75. The molecule has 2 aromatic carbocycles.